The van der Waals surface area contributed by atoms with Crippen LogP contribution in [0.4, 0.5) is 4.39 Å². The van der Waals surface area contributed by atoms with Gasteiger partial charge in [-0.15, -0.1) is 0 Å². The molecule has 0 bridgehead atoms. The van der Waals surface area contributed by atoms with E-state index in [4.69, 9.17) is 4.52 Å². The minimum Gasteiger partial charge on any atom is -0.339 e. The zero-order valence-corrected chi connectivity index (χ0v) is 12.5. The van der Waals surface area contributed by atoms with Gasteiger partial charge in [0.15, 0.2) is 0 Å². The van der Waals surface area contributed by atoms with Crippen molar-refractivity contribution >= 4 is 0 Å². The fourth-order valence-electron chi connectivity index (χ4n) is 2.07. The number of benzene rings is 1. The van der Waals surface area contributed by atoms with Gasteiger partial charge in [0.05, 0.1) is 5.69 Å². The lowest BCUT2D eigenvalue weighted by Crippen LogP contribution is -1.91. The minimum absolute atomic E-state index is 0.237. The Morgan fingerprint density at radius 1 is 1.18 bits per heavy atom. The molecule has 2 heterocycles. The third-order valence-corrected chi connectivity index (χ3v) is 3.62. The smallest absolute Gasteiger partial charge is 0.229 e. The number of aromatic nitrogens is 3. The second-order valence-electron chi connectivity index (χ2n) is 5.21. The quantitative estimate of drug-likeness (QED) is 0.714. The van der Waals surface area contributed by atoms with E-state index in [1.54, 1.807) is 12.3 Å². The molecule has 0 spiro atoms. The van der Waals surface area contributed by atoms with Crippen LogP contribution < -0.4 is 0 Å². The van der Waals surface area contributed by atoms with Crippen LogP contribution in [-0.4, -0.2) is 15.1 Å². The third kappa shape index (κ3) is 2.88. The highest BCUT2D eigenvalue weighted by Gasteiger charge is 2.14. The topological polar surface area (TPSA) is 51.8 Å². The van der Waals surface area contributed by atoms with Crippen molar-refractivity contribution in [3.63, 3.8) is 0 Å². The van der Waals surface area contributed by atoms with Crippen molar-refractivity contribution in [3.8, 4) is 22.6 Å². The monoisotopic (exact) mass is 297 g/mol. The molecule has 0 aliphatic rings. The Morgan fingerprint density at radius 2 is 2.05 bits per heavy atom. The van der Waals surface area contributed by atoms with E-state index in [2.05, 4.69) is 22.0 Å². The molecule has 0 radical (unpaired) electrons. The van der Waals surface area contributed by atoms with Crippen molar-refractivity contribution < 1.29 is 8.91 Å². The molecular weight excluding hydrogens is 281 g/mol. The van der Waals surface area contributed by atoms with Gasteiger partial charge in [-0.3, -0.25) is 4.98 Å². The van der Waals surface area contributed by atoms with Crippen LogP contribution in [0.15, 0.2) is 47.1 Å². The molecule has 3 rings (SSSR count). The predicted molar refractivity (Wildman–Crippen MR) is 81.6 cm³/mol. The first-order valence-electron chi connectivity index (χ1n) is 7.23. The molecule has 0 saturated heterocycles. The Labute approximate surface area is 128 Å². The molecule has 2 aromatic heterocycles. The second kappa shape index (κ2) is 6.05. The molecule has 0 aliphatic carbocycles. The Bertz CT molecular complexity index is 768. The van der Waals surface area contributed by atoms with Crippen LogP contribution in [0.2, 0.25) is 0 Å². The molecule has 0 aliphatic heterocycles. The molecule has 0 saturated carbocycles. The van der Waals surface area contributed by atoms with Gasteiger partial charge in [0, 0.05) is 23.2 Å². The Hall–Kier alpha value is -2.56. The Morgan fingerprint density at radius 3 is 2.73 bits per heavy atom. The van der Waals surface area contributed by atoms with Crippen LogP contribution in [0, 0.1) is 5.82 Å². The SMILES string of the molecule is CCC(C)c1nc(-c2ccc(-c3cccc(F)c3)nc2)no1. The van der Waals surface area contributed by atoms with Crippen LogP contribution in [0.25, 0.3) is 22.6 Å². The van der Waals surface area contributed by atoms with Gasteiger partial charge in [0.25, 0.3) is 0 Å². The van der Waals surface area contributed by atoms with E-state index >= 15 is 0 Å². The highest BCUT2D eigenvalue weighted by atomic mass is 19.1. The lowest BCUT2D eigenvalue weighted by molar-refractivity contribution is 0.357. The van der Waals surface area contributed by atoms with E-state index in [-0.39, 0.29) is 11.7 Å². The van der Waals surface area contributed by atoms with Crippen molar-refractivity contribution in [3.05, 3.63) is 54.3 Å². The van der Waals surface area contributed by atoms with Crippen molar-refractivity contribution in [2.24, 2.45) is 0 Å². The summed E-state index contributed by atoms with van der Waals surface area (Å²) in [4.78, 5) is 8.74. The highest BCUT2D eigenvalue weighted by molar-refractivity contribution is 5.62. The molecule has 1 aromatic carbocycles. The van der Waals surface area contributed by atoms with Crippen molar-refractivity contribution in [1.29, 1.82) is 0 Å². The van der Waals surface area contributed by atoms with Crippen LogP contribution >= 0.6 is 0 Å². The van der Waals surface area contributed by atoms with Crippen molar-refractivity contribution in [2.75, 3.05) is 0 Å². The van der Waals surface area contributed by atoms with Gasteiger partial charge in [-0.2, -0.15) is 4.98 Å². The molecule has 112 valence electrons. The zero-order chi connectivity index (χ0) is 15.5. The summed E-state index contributed by atoms with van der Waals surface area (Å²) in [7, 11) is 0. The van der Waals surface area contributed by atoms with Crippen LogP contribution in [0.1, 0.15) is 32.1 Å². The van der Waals surface area contributed by atoms with E-state index in [1.807, 2.05) is 25.1 Å². The molecule has 1 atom stereocenters. The summed E-state index contributed by atoms with van der Waals surface area (Å²) in [6.07, 6.45) is 2.61. The Kier molecular flexibility index (Phi) is 3.96. The van der Waals surface area contributed by atoms with E-state index in [9.17, 15) is 4.39 Å². The first-order chi connectivity index (χ1) is 10.7. The van der Waals surface area contributed by atoms with Gasteiger partial charge >= 0.3 is 0 Å². The van der Waals surface area contributed by atoms with E-state index < -0.39 is 0 Å². The van der Waals surface area contributed by atoms with Gasteiger partial charge in [-0.1, -0.05) is 31.1 Å². The molecule has 5 heteroatoms. The minimum atomic E-state index is -0.278. The summed E-state index contributed by atoms with van der Waals surface area (Å²) in [5.41, 5.74) is 2.22. The molecule has 3 aromatic rings. The summed E-state index contributed by atoms with van der Waals surface area (Å²) in [5, 5.41) is 3.99. The largest absolute Gasteiger partial charge is 0.339 e. The fraction of sp³-hybridized carbons (Fsp3) is 0.235. The van der Waals surface area contributed by atoms with Gasteiger partial charge in [-0.25, -0.2) is 4.39 Å². The maximum atomic E-state index is 13.2. The van der Waals surface area contributed by atoms with Crippen LogP contribution in [0.3, 0.4) is 0 Å². The number of pyridine rings is 1. The second-order valence-corrected chi connectivity index (χ2v) is 5.21. The van der Waals surface area contributed by atoms with Gasteiger partial charge < -0.3 is 4.52 Å². The van der Waals surface area contributed by atoms with Crippen molar-refractivity contribution in [1.82, 2.24) is 15.1 Å². The maximum absolute atomic E-state index is 13.2. The lowest BCUT2D eigenvalue weighted by Gasteiger charge is -2.01. The number of nitrogens with zero attached hydrogens (tertiary/aromatic N) is 3. The molecular formula is C17H16FN3O. The molecule has 0 N–H and O–H groups in total. The standard InChI is InChI=1S/C17H16FN3O/c1-3-11(2)17-20-16(21-22-17)13-7-8-15(19-10-13)12-5-4-6-14(18)9-12/h4-11H,3H2,1-2H3. The average Bonchev–Trinajstić information content (AvgIpc) is 3.04. The van der Waals surface area contributed by atoms with E-state index in [0.717, 1.165) is 17.5 Å². The Balaban J connectivity index is 1.86. The highest BCUT2D eigenvalue weighted by Crippen LogP contribution is 2.23. The molecule has 1 unspecified atom stereocenters. The first-order valence-corrected chi connectivity index (χ1v) is 7.23. The third-order valence-electron chi connectivity index (χ3n) is 3.62. The van der Waals surface area contributed by atoms with Crippen LogP contribution in [-0.2, 0) is 0 Å². The van der Waals surface area contributed by atoms with Gasteiger partial charge in [0.2, 0.25) is 11.7 Å². The fourth-order valence-corrected chi connectivity index (χ4v) is 2.07. The number of hydrogen-bond donors (Lipinski definition) is 0. The summed E-state index contributed by atoms with van der Waals surface area (Å²) in [5.74, 6) is 1.11. The molecule has 4 nitrogen and oxygen atoms in total. The van der Waals surface area contributed by atoms with Gasteiger partial charge in [-0.05, 0) is 30.7 Å². The predicted octanol–water partition coefficient (Wildman–Crippen LogP) is 4.45. The zero-order valence-electron chi connectivity index (χ0n) is 12.5. The number of halogens is 1. The normalized spacial score (nSPS) is 12.3. The van der Waals surface area contributed by atoms with E-state index in [1.165, 1.54) is 12.1 Å². The summed E-state index contributed by atoms with van der Waals surface area (Å²) in [6, 6.07) is 10.0. The summed E-state index contributed by atoms with van der Waals surface area (Å²) >= 11 is 0. The number of hydrogen-bond acceptors (Lipinski definition) is 4. The average molecular weight is 297 g/mol. The van der Waals surface area contributed by atoms with Gasteiger partial charge in [0.1, 0.15) is 5.82 Å². The lowest BCUT2D eigenvalue weighted by atomic mass is 10.1. The summed E-state index contributed by atoms with van der Waals surface area (Å²) in [6.45, 7) is 4.12. The maximum Gasteiger partial charge on any atom is 0.229 e. The molecule has 22 heavy (non-hydrogen) atoms. The molecule has 0 amide bonds. The van der Waals surface area contributed by atoms with Crippen molar-refractivity contribution in [2.45, 2.75) is 26.2 Å². The molecule has 0 fully saturated rings. The first kappa shape index (κ1) is 14.4. The van der Waals surface area contributed by atoms with E-state index in [0.29, 0.717) is 17.4 Å². The summed E-state index contributed by atoms with van der Waals surface area (Å²) < 4.78 is 18.5. The van der Waals surface area contributed by atoms with Crippen LogP contribution in [0.5, 0.6) is 0 Å². The number of rotatable bonds is 4.